The smallest absolute Gasteiger partial charge is 0.345 e. The quantitative estimate of drug-likeness (QED) is 0.901. The summed E-state index contributed by atoms with van der Waals surface area (Å²) in [7, 11) is 0. The highest BCUT2D eigenvalue weighted by atomic mass is 32.1. The Bertz CT molecular complexity index is 605. The molecule has 0 spiro atoms. The van der Waals surface area contributed by atoms with Crippen molar-refractivity contribution in [3.8, 4) is 0 Å². The molecule has 2 aromatic rings. The van der Waals surface area contributed by atoms with Crippen LogP contribution < -0.4 is 5.32 Å². The highest BCUT2D eigenvalue weighted by Gasteiger charge is 2.17. The Labute approximate surface area is 114 Å². The fourth-order valence-electron chi connectivity index (χ4n) is 2.52. The molecule has 2 N–H and O–H groups in total. The molecule has 0 radical (unpaired) electrons. The number of anilines is 1. The first-order valence-electron chi connectivity index (χ1n) is 6.48. The molecule has 2 heterocycles. The number of carboxylic acid groups (broad SMARTS) is 1. The van der Waals surface area contributed by atoms with Crippen LogP contribution >= 0.6 is 11.3 Å². The molecule has 19 heavy (non-hydrogen) atoms. The zero-order chi connectivity index (χ0) is 13.2. The minimum atomic E-state index is -0.911. The highest BCUT2D eigenvalue weighted by molar-refractivity contribution is 7.20. The zero-order valence-electron chi connectivity index (χ0n) is 10.4. The number of rotatable bonds is 3. The van der Waals surface area contributed by atoms with E-state index >= 15 is 0 Å². The van der Waals surface area contributed by atoms with E-state index in [1.54, 1.807) is 6.07 Å². The Kier molecular flexibility index (Phi) is 3.33. The minimum Gasteiger partial charge on any atom is -0.477 e. The van der Waals surface area contributed by atoms with Crippen LogP contribution in [0.2, 0.25) is 0 Å². The van der Waals surface area contributed by atoms with Gasteiger partial charge >= 0.3 is 5.97 Å². The normalized spacial score (nSPS) is 16.6. The number of nitrogens with zero attached hydrogens (tertiary/aromatic N) is 2. The Hall–Kier alpha value is -1.69. The fraction of sp³-hybridized carbons (Fsp3) is 0.462. The van der Waals surface area contributed by atoms with E-state index in [1.807, 2.05) is 0 Å². The fourth-order valence-corrected chi connectivity index (χ4v) is 3.35. The molecule has 2 aromatic heterocycles. The number of aromatic nitrogens is 2. The molecule has 0 aliphatic heterocycles. The third-order valence-electron chi connectivity index (χ3n) is 3.49. The van der Waals surface area contributed by atoms with Gasteiger partial charge in [0.25, 0.3) is 0 Å². The van der Waals surface area contributed by atoms with Gasteiger partial charge in [0.15, 0.2) is 0 Å². The van der Waals surface area contributed by atoms with Crippen LogP contribution in [0.5, 0.6) is 0 Å². The van der Waals surface area contributed by atoms with Crippen molar-refractivity contribution >= 4 is 33.3 Å². The van der Waals surface area contributed by atoms with Crippen molar-refractivity contribution in [3.63, 3.8) is 0 Å². The molecule has 1 aliphatic rings. The second kappa shape index (κ2) is 5.13. The lowest BCUT2D eigenvalue weighted by atomic mass is 9.95. The minimum absolute atomic E-state index is 0.308. The Morgan fingerprint density at radius 2 is 2.11 bits per heavy atom. The average molecular weight is 277 g/mol. The summed E-state index contributed by atoms with van der Waals surface area (Å²) in [5.41, 5.74) is 0. The number of aromatic carboxylic acids is 1. The summed E-state index contributed by atoms with van der Waals surface area (Å²) in [5.74, 6) is -0.146. The van der Waals surface area contributed by atoms with Crippen molar-refractivity contribution < 1.29 is 9.90 Å². The predicted molar refractivity (Wildman–Crippen MR) is 74.9 cm³/mol. The molecule has 5 nitrogen and oxygen atoms in total. The lowest BCUT2D eigenvalue weighted by Gasteiger charge is -2.23. The molecule has 1 fully saturated rings. The van der Waals surface area contributed by atoms with Gasteiger partial charge in [-0.25, -0.2) is 14.8 Å². The average Bonchev–Trinajstić information content (AvgIpc) is 2.85. The first kappa shape index (κ1) is 12.3. The summed E-state index contributed by atoms with van der Waals surface area (Å²) in [6.07, 6.45) is 7.60. The van der Waals surface area contributed by atoms with Crippen molar-refractivity contribution in [3.05, 3.63) is 17.3 Å². The van der Waals surface area contributed by atoms with E-state index in [-0.39, 0.29) is 0 Å². The maximum atomic E-state index is 11.0. The summed E-state index contributed by atoms with van der Waals surface area (Å²) < 4.78 is 0. The van der Waals surface area contributed by atoms with E-state index < -0.39 is 5.97 Å². The van der Waals surface area contributed by atoms with Gasteiger partial charge in [0.05, 0.1) is 5.39 Å². The van der Waals surface area contributed by atoms with Gasteiger partial charge in [-0.15, -0.1) is 11.3 Å². The Balaban J connectivity index is 1.91. The lowest BCUT2D eigenvalue weighted by molar-refractivity contribution is 0.0702. The van der Waals surface area contributed by atoms with Crippen LogP contribution in [0, 0.1) is 0 Å². The van der Waals surface area contributed by atoms with Gasteiger partial charge in [0.2, 0.25) is 0 Å². The first-order chi connectivity index (χ1) is 9.24. The maximum absolute atomic E-state index is 11.0. The molecule has 0 amide bonds. The van der Waals surface area contributed by atoms with Crippen LogP contribution in [-0.2, 0) is 0 Å². The largest absolute Gasteiger partial charge is 0.477 e. The van der Waals surface area contributed by atoms with Gasteiger partial charge < -0.3 is 10.4 Å². The lowest BCUT2D eigenvalue weighted by Crippen LogP contribution is -2.22. The van der Waals surface area contributed by atoms with E-state index in [1.165, 1.54) is 36.9 Å². The van der Waals surface area contributed by atoms with Crippen molar-refractivity contribution in [1.82, 2.24) is 9.97 Å². The molecule has 0 atom stereocenters. The van der Waals surface area contributed by atoms with Gasteiger partial charge in [-0.05, 0) is 18.9 Å². The Morgan fingerprint density at radius 3 is 2.84 bits per heavy atom. The van der Waals surface area contributed by atoms with Crippen molar-refractivity contribution in [1.29, 1.82) is 0 Å². The zero-order valence-corrected chi connectivity index (χ0v) is 11.2. The molecular weight excluding hydrogens is 262 g/mol. The first-order valence-corrected chi connectivity index (χ1v) is 7.30. The van der Waals surface area contributed by atoms with Crippen LogP contribution in [0.3, 0.4) is 0 Å². The molecule has 1 aliphatic carbocycles. The van der Waals surface area contributed by atoms with Crippen LogP contribution in [-0.4, -0.2) is 27.1 Å². The van der Waals surface area contributed by atoms with Crippen LogP contribution in [0.15, 0.2) is 12.4 Å². The number of carbonyl (C=O) groups is 1. The molecule has 0 unspecified atom stereocenters. The molecule has 6 heteroatoms. The second-order valence-electron chi connectivity index (χ2n) is 4.84. The third-order valence-corrected chi connectivity index (χ3v) is 4.52. The number of hydrogen-bond donors (Lipinski definition) is 2. The summed E-state index contributed by atoms with van der Waals surface area (Å²) in [4.78, 5) is 20.5. The van der Waals surface area contributed by atoms with Crippen molar-refractivity contribution in [2.45, 2.75) is 38.1 Å². The summed E-state index contributed by atoms with van der Waals surface area (Å²) in [5, 5.41) is 13.3. The molecular formula is C13H15N3O2S. The maximum Gasteiger partial charge on any atom is 0.345 e. The van der Waals surface area contributed by atoms with Gasteiger partial charge in [-0.2, -0.15) is 0 Å². The number of carboxylic acids is 1. The Morgan fingerprint density at radius 1 is 1.32 bits per heavy atom. The van der Waals surface area contributed by atoms with Gasteiger partial charge in [-0.3, -0.25) is 0 Å². The van der Waals surface area contributed by atoms with E-state index in [9.17, 15) is 4.79 Å². The summed E-state index contributed by atoms with van der Waals surface area (Å²) in [6.45, 7) is 0. The molecule has 0 aromatic carbocycles. The third kappa shape index (κ3) is 2.53. The summed E-state index contributed by atoms with van der Waals surface area (Å²) >= 11 is 1.19. The monoisotopic (exact) mass is 277 g/mol. The number of nitrogens with one attached hydrogen (secondary N) is 1. The topological polar surface area (TPSA) is 75.1 Å². The molecule has 1 saturated carbocycles. The molecule has 0 bridgehead atoms. The summed E-state index contributed by atoms with van der Waals surface area (Å²) in [6, 6.07) is 2.10. The second-order valence-corrected chi connectivity index (χ2v) is 5.87. The van der Waals surface area contributed by atoms with Gasteiger partial charge in [0, 0.05) is 6.04 Å². The number of thiophene rings is 1. The van der Waals surface area contributed by atoms with Crippen molar-refractivity contribution in [2.24, 2.45) is 0 Å². The number of fused-ring (bicyclic) bond motifs is 1. The van der Waals surface area contributed by atoms with E-state index in [0.29, 0.717) is 10.9 Å². The van der Waals surface area contributed by atoms with Crippen LogP contribution in [0.1, 0.15) is 41.8 Å². The van der Waals surface area contributed by atoms with Crippen molar-refractivity contribution in [2.75, 3.05) is 5.32 Å². The molecule has 3 rings (SSSR count). The highest BCUT2D eigenvalue weighted by Crippen LogP contribution is 2.30. The van der Waals surface area contributed by atoms with E-state index in [4.69, 9.17) is 5.11 Å². The molecule has 100 valence electrons. The van der Waals surface area contributed by atoms with Gasteiger partial charge in [-0.1, -0.05) is 19.3 Å². The SMILES string of the molecule is O=C(O)c1cc2c(NC3CCCCC3)ncnc2s1. The van der Waals surface area contributed by atoms with E-state index in [0.717, 1.165) is 28.9 Å². The number of hydrogen-bond acceptors (Lipinski definition) is 5. The van der Waals surface area contributed by atoms with E-state index in [2.05, 4.69) is 15.3 Å². The van der Waals surface area contributed by atoms with Gasteiger partial charge in [0.1, 0.15) is 21.9 Å². The predicted octanol–water partition coefficient (Wildman–Crippen LogP) is 3.13. The molecule has 0 saturated heterocycles. The standard InChI is InChI=1S/C13H15N3O2S/c17-13(18)10-6-9-11(14-7-15-12(9)19-10)16-8-4-2-1-3-5-8/h6-8H,1-5H2,(H,17,18)(H,14,15,16). The van der Waals surface area contributed by atoms with Crippen LogP contribution in [0.4, 0.5) is 5.82 Å². The van der Waals surface area contributed by atoms with Crippen LogP contribution in [0.25, 0.3) is 10.2 Å².